The predicted octanol–water partition coefficient (Wildman–Crippen LogP) is 7.47. The summed E-state index contributed by atoms with van der Waals surface area (Å²) in [6.07, 6.45) is 8.75. The quantitative estimate of drug-likeness (QED) is 0.214. The molecule has 164 valence electrons. The third-order valence-electron chi connectivity index (χ3n) is 6.36. The van der Waals surface area contributed by atoms with Crippen molar-refractivity contribution in [1.82, 2.24) is 0 Å². The smallest absolute Gasteiger partial charge is 0.0620 e. The molecule has 0 aromatic heterocycles. The second-order valence-electron chi connectivity index (χ2n) is 9.36. The molecule has 0 aliphatic heterocycles. The van der Waals surface area contributed by atoms with E-state index in [2.05, 4.69) is 148 Å². The van der Waals surface area contributed by atoms with Crippen molar-refractivity contribution in [3.63, 3.8) is 0 Å². The van der Waals surface area contributed by atoms with Gasteiger partial charge < -0.3 is 0 Å². The van der Waals surface area contributed by atoms with Gasteiger partial charge in [0, 0.05) is 0 Å². The summed E-state index contributed by atoms with van der Waals surface area (Å²) >= 11 is 0. The van der Waals surface area contributed by atoms with Crippen LogP contribution >= 0.6 is 0 Å². The van der Waals surface area contributed by atoms with Crippen LogP contribution in [0.2, 0.25) is 13.1 Å². The summed E-state index contributed by atoms with van der Waals surface area (Å²) in [5.74, 6) is 0. The molecule has 4 aromatic carbocycles. The molecule has 0 N–H and O–H groups in total. The molecule has 0 fully saturated rings. The van der Waals surface area contributed by atoms with Crippen LogP contribution in [0.3, 0.4) is 0 Å². The van der Waals surface area contributed by atoms with Crippen molar-refractivity contribution in [2.24, 2.45) is 0 Å². The molecule has 0 heterocycles. The van der Waals surface area contributed by atoms with E-state index in [4.69, 9.17) is 0 Å². The van der Waals surface area contributed by atoms with Gasteiger partial charge in [-0.15, -0.1) is 0 Å². The summed E-state index contributed by atoms with van der Waals surface area (Å²) in [5, 5.41) is 2.91. The molecule has 1 heteroatoms. The minimum absolute atomic E-state index is 1.23. The normalized spacial score (nSPS) is 12.0. The topological polar surface area (TPSA) is 0 Å². The number of hydrogen-bond acceptors (Lipinski definition) is 0. The Morgan fingerprint density at radius 3 is 0.909 bits per heavy atom. The Morgan fingerprint density at radius 1 is 0.394 bits per heavy atom. The lowest BCUT2D eigenvalue weighted by Gasteiger charge is -2.24. The van der Waals surface area contributed by atoms with Crippen LogP contribution in [0.5, 0.6) is 0 Å². The van der Waals surface area contributed by atoms with Gasteiger partial charge >= 0.3 is 0 Å². The van der Waals surface area contributed by atoms with E-state index in [9.17, 15) is 0 Å². The van der Waals surface area contributed by atoms with E-state index in [-0.39, 0.29) is 0 Å². The first-order chi connectivity index (χ1) is 15.9. The molecule has 4 aromatic rings. The first-order valence-electron chi connectivity index (χ1n) is 11.6. The van der Waals surface area contributed by atoms with Crippen LogP contribution in [0.25, 0.3) is 24.3 Å². The van der Waals surface area contributed by atoms with Crippen molar-refractivity contribution in [1.29, 1.82) is 0 Å². The molecule has 0 bridgehead atoms. The maximum absolute atomic E-state index is 2.43. The van der Waals surface area contributed by atoms with Crippen molar-refractivity contribution in [3.8, 4) is 0 Å². The highest BCUT2D eigenvalue weighted by Crippen LogP contribution is 2.13. The Bertz CT molecular complexity index is 1140. The summed E-state index contributed by atoms with van der Waals surface area (Å²) in [4.78, 5) is 0. The van der Waals surface area contributed by atoms with Gasteiger partial charge in [-0.1, -0.05) is 156 Å². The van der Waals surface area contributed by atoms with Crippen LogP contribution in [0.15, 0.2) is 97.1 Å². The van der Waals surface area contributed by atoms with Gasteiger partial charge in [-0.3, -0.25) is 0 Å². The van der Waals surface area contributed by atoms with E-state index in [1.54, 1.807) is 0 Å². The van der Waals surface area contributed by atoms with Crippen LogP contribution in [-0.2, 0) is 0 Å². The number of aryl methyl sites for hydroxylation is 2. The lowest BCUT2D eigenvalue weighted by Crippen LogP contribution is -2.52. The SMILES string of the molecule is Cc1ccc(C=Cc2ccc([Si](C)(C)c3ccc(C=Cc4ccc(C)cc4)cc3)cc2)cc1. The van der Waals surface area contributed by atoms with Gasteiger partial charge in [0.15, 0.2) is 0 Å². The first-order valence-corrected chi connectivity index (χ1v) is 14.6. The fourth-order valence-electron chi connectivity index (χ4n) is 3.93. The van der Waals surface area contributed by atoms with Gasteiger partial charge in [0.05, 0.1) is 0 Å². The minimum atomic E-state index is -1.74. The molecule has 0 unspecified atom stereocenters. The molecule has 0 nitrogen and oxygen atoms in total. The maximum Gasteiger partial charge on any atom is 0.112 e. The third-order valence-corrected chi connectivity index (χ3v) is 9.91. The van der Waals surface area contributed by atoms with Gasteiger partial charge in [-0.2, -0.15) is 0 Å². The Hall–Kier alpha value is -3.42. The van der Waals surface area contributed by atoms with Crippen LogP contribution in [0.1, 0.15) is 33.4 Å². The van der Waals surface area contributed by atoms with Crippen LogP contribution in [0, 0.1) is 13.8 Å². The van der Waals surface area contributed by atoms with E-state index in [1.165, 1.54) is 43.8 Å². The molecule has 0 radical (unpaired) electrons. The zero-order valence-electron chi connectivity index (χ0n) is 20.0. The van der Waals surface area contributed by atoms with Crippen molar-refractivity contribution in [2.45, 2.75) is 26.9 Å². The number of rotatable bonds is 6. The van der Waals surface area contributed by atoms with E-state index >= 15 is 0 Å². The van der Waals surface area contributed by atoms with E-state index in [1.807, 2.05) is 0 Å². The summed E-state index contributed by atoms with van der Waals surface area (Å²) in [5.41, 5.74) is 7.52. The van der Waals surface area contributed by atoms with Crippen molar-refractivity contribution in [3.05, 3.63) is 130 Å². The Labute approximate surface area is 200 Å². The second-order valence-corrected chi connectivity index (χ2v) is 13.8. The molecule has 33 heavy (non-hydrogen) atoms. The first kappa shape index (κ1) is 22.8. The summed E-state index contributed by atoms with van der Waals surface area (Å²) in [6.45, 7) is 9.10. The Morgan fingerprint density at radius 2 is 0.636 bits per heavy atom. The van der Waals surface area contributed by atoms with Gasteiger partial charge in [-0.05, 0) is 36.1 Å². The fraction of sp³-hybridized carbons (Fsp3) is 0.125. The molecule has 0 atom stereocenters. The van der Waals surface area contributed by atoms with Crippen molar-refractivity contribution >= 4 is 42.8 Å². The van der Waals surface area contributed by atoms with Gasteiger partial charge in [0.2, 0.25) is 0 Å². The zero-order valence-corrected chi connectivity index (χ0v) is 21.0. The lowest BCUT2D eigenvalue weighted by molar-refractivity contribution is 1.46. The number of benzene rings is 4. The average Bonchev–Trinajstić information content (AvgIpc) is 2.84. The van der Waals surface area contributed by atoms with E-state index < -0.39 is 8.07 Å². The van der Waals surface area contributed by atoms with Gasteiger partial charge in [-0.25, -0.2) is 0 Å². The molecule has 0 aliphatic rings. The monoisotopic (exact) mass is 444 g/mol. The van der Waals surface area contributed by atoms with Crippen LogP contribution in [0.4, 0.5) is 0 Å². The largest absolute Gasteiger partial charge is 0.112 e. The van der Waals surface area contributed by atoms with E-state index in [0.29, 0.717) is 0 Å². The van der Waals surface area contributed by atoms with Gasteiger partial charge in [0.25, 0.3) is 0 Å². The molecule has 0 amide bonds. The third kappa shape index (κ3) is 5.88. The second kappa shape index (κ2) is 10.0. The van der Waals surface area contributed by atoms with Crippen LogP contribution < -0.4 is 10.4 Å². The molecular formula is C32H32Si. The molecule has 0 spiro atoms. The highest BCUT2D eigenvalue weighted by atomic mass is 28.3. The zero-order chi connectivity index (χ0) is 23.3. The predicted molar refractivity (Wildman–Crippen MR) is 150 cm³/mol. The van der Waals surface area contributed by atoms with Crippen molar-refractivity contribution < 1.29 is 0 Å². The molecule has 0 saturated heterocycles. The molecule has 4 rings (SSSR count). The average molecular weight is 445 g/mol. The maximum atomic E-state index is 2.43. The standard InChI is InChI=1S/C32H32Si/c1-25-5-9-27(10-6-25)13-15-29-17-21-31(22-18-29)33(3,4)32-23-19-30(20-24-32)16-14-28-11-7-26(2)8-12-28/h5-24H,1-4H3. The molecule has 0 aliphatic carbocycles. The summed E-state index contributed by atoms with van der Waals surface area (Å²) in [6, 6.07) is 35.5. The summed E-state index contributed by atoms with van der Waals surface area (Å²) < 4.78 is 0. The molecular weight excluding hydrogens is 412 g/mol. The van der Waals surface area contributed by atoms with E-state index in [0.717, 1.165) is 0 Å². The highest BCUT2D eigenvalue weighted by Gasteiger charge is 2.25. The minimum Gasteiger partial charge on any atom is -0.0620 e. The highest BCUT2D eigenvalue weighted by molar-refractivity contribution is 7.00. The Kier molecular flexibility index (Phi) is 6.91. The summed E-state index contributed by atoms with van der Waals surface area (Å²) in [7, 11) is -1.74. The van der Waals surface area contributed by atoms with Gasteiger partial charge in [0.1, 0.15) is 8.07 Å². The van der Waals surface area contributed by atoms with Crippen molar-refractivity contribution in [2.75, 3.05) is 0 Å². The number of hydrogen-bond donors (Lipinski definition) is 0. The lowest BCUT2D eigenvalue weighted by atomic mass is 10.1. The molecule has 0 saturated carbocycles. The fourth-order valence-corrected chi connectivity index (χ4v) is 6.26. The Balaban J connectivity index is 1.45. The van der Waals surface area contributed by atoms with Crippen LogP contribution in [-0.4, -0.2) is 8.07 Å².